The summed E-state index contributed by atoms with van der Waals surface area (Å²) in [7, 11) is 2.30. The van der Waals surface area contributed by atoms with Crippen molar-refractivity contribution in [3.63, 3.8) is 0 Å². The second-order valence-electron chi connectivity index (χ2n) is 6.74. The average Bonchev–Trinajstić information content (AvgIpc) is 2.79. The molecule has 2 atom stereocenters. The molecule has 2 aromatic carbocycles. The van der Waals surface area contributed by atoms with Gasteiger partial charge < -0.3 is 0 Å². The van der Waals surface area contributed by atoms with Crippen molar-refractivity contribution >= 4 is 11.1 Å². The molecule has 22 heavy (non-hydrogen) atoms. The van der Waals surface area contributed by atoms with Crippen LogP contribution in [0.3, 0.4) is 0 Å². The first-order chi connectivity index (χ1) is 10.7. The molecule has 2 aromatic rings. The van der Waals surface area contributed by atoms with E-state index in [1.165, 1.54) is 36.0 Å². The molecule has 2 aliphatic heterocycles. The van der Waals surface area contributed by atoms with Crippen molar-refractivity contribution in [2.24, 2.45) is 0 Å². The number of aryl methyl sites for hydroxylation is 1. The Morgan fingerprint density at radius 2 is 1.59 bits per heavy atom. The molecule has 0 saturated carbocycles. The van der Waals surface area contributed by atoms with Gasteiger partial charge in [-0.2, -0.15) is 0 Å². The van der Waals surface area contributed by atoms with E-state index in [0.717, 1.165) is 6.04 Å². The van der Waals surface area contributed by atoms with Gasteiger partial charge in [0.05, 0.1) is 0 Å². The number of hydrogen-bond acceptors (Lipinski definition) is 1. The molecular formula is C21H23N. The molecule has 0 spiro atoms. The van der Waals surface area contributed by atoms with Crippen LogP contribution in [0.5, 0.6) is 0 Å². The van der Waals surface area contributed by atoms with Crippen LogP contribution in [0.1, 0.15) is 36.0 Å². The van der Waals surface area contributed by atoms with Gasteiger partial charge in [0.1, 0.15) is 0 Å². The molecule has 0 N–H and O–H groups in total. The van der Waals surface area contributed by atoms with E-state index in [1.807, 2.05) is 0 Å². The van der Waals surface area contributed by atoms with Crippen LogP contribution in [-0.2, 0) is 0 Å². The molecule has 1 fully saturated rings. The van der Waals surface area contributed by atoms with Crippen LogP contribution in [0.15, 0.2) is 54.6 Å². The maximum atomic E-state index is 2.60. The Morgan fingerprint density at radius 3 is 2.32 bits per heavy atom. The van der Waals surface area contributed by atoms with E-state index in [-0.39, 0.29) is 0 Å². The molecule has 0 aliphatic carbocycles. The van der Waals surface area contributed by atoms with Crippen LogP contribution >= 0.6 is 0 Å². The first-order valence-corrected chi connectivity index (χ1v) is 8.31. The summed E-state index contributed by atoms with van der Waals surface area (Å²) in [6.07, 6.45) is 3.80. The Balaban J connectivity index is 1.90. The number of fused-ring (bicyclic) bond motifs is 2. The maximum absolute atomic E-state index is 2.60. The average molecular weight is 289 g/mol. The normalized spacial score (nSPS) is 24.8. The van der Waals surface area contributed by atoms with Gasteiger partial charge in [-0.05, 0) is 55.5 Å². The molecule has 1 nitrogen and oxygen atoms in total. The molecule has 0 aromatic heterocycles. The van der Waals surface area contributed by atoms with Crippen LogP contribution in [-0.4, -0.2) is 24.0 Å². The Labute approximate surface area is 133 Å². The topological polar surface area (TPSA) is 3.24 Å². The minimum Gasteiger partial charge on any atom is -0.296 e. The van der Waals surface area contributed by atoms with Crippen LogP contribution < -0.4 is 0 Å². The smallest absolute Gasteiger partial charge is 0.0357 e. The van der Waals surface area contributed by atoms with Crippen LogP contribution in [0.25, 0.3) is 11.1 Å². The standard InChI is InChI=1S/C21H23N/c1-15-8-10-17(11-9-15)21-19(16-6-4-3-5-7-16)14-18-12-13-20(21)22(18)2/h3-11,18,20H,12-14H2,1-2H3/t18-,20+/m0/s1. The Kier molecular flexibility index (Phi) is 3.38. The highest BCUT2D eigenvalue weighted by molar-refractivity contribution is 5.94. The van der Waals surface area contributed by atoms with Gasteiger partial charge in [0.25, 0.3) is 0 Å². The highest BCUT2D eigenvalue weighted by Crippen LogP contribution is 2.46. The fourth-order valence-electron chi connectivity index (χ4n) is 4.17. The molecule has 0 amide bonds. The zero-order chi connectivity index (χ0) is 15.1. The predicted octanol–water partition coefficient (Wildman–Crippen LogP) is 4.77. The minimum atomic E-state index is 0.580. The van der Waals surface area contributed by atoms with E-state index in [2.05, 4.69) is 73.5 Å². The maximum Gasteiger partial charge on any atom is 0.0357 e. The van der Waals surface area contributed by atoms with Gasteiger partial charge in [-0.15, -0.1) is 0 Å². The monoisotopic (exact) mass is 289 g/mol. The van der Waals surface area contributed by atoms with E-state index in [1.54, 1.807) is 11.1 Å². The van der Waals surface area contributed by atoms with Gasteiger partial charge in [0, 0.05) is 12.1 Å². The summed E-state index contributed by atoms with van der Waals surface area (Å²) in [5, 5.41) is 0. The Hall–Kier alpha value is -1.86. The summed E-state index contributed by atoms with van der Waals surface area (Å²) in [5.41, 5.74) is 7.27. The summed E-state index contributed by atoms with van der Waals surface area (Å²) < 4.78 is 0. The van der Waals surface area contributed by atoms with Gasteiger partial charge in [-0.25, -0.2) is 0 Å². The van der Waals surface area contributed by atoms with Crippen molar-refractivity contribution in [2.45, 2.75) is 38.3 Å². The van der Waals surface area contributed by atoms with Gasteiger partial charge >= 0.3 is 0 Å². The molecule has 1 heteroatoms. The first kappa shape index (κ1) is 13.8. The van der Waals surface area contributed by atoms with Gasteiger partial charge in [0.15, 0.2) is 0 Å². The minimum absolute atomic E-state index is 0.580. The zero-order valence-corrected chi connectivity index (χ0v) is 13.4. The van der Waals surface area contributed by atoms with Crippen molar-refractivity contribution in [1.29, 1.82) is 0 Å². The molecule has 2 bridgehead atoms. The molecule has 112 valence electrons. The Morgan fingerprint density at radius 1 is 0.864 bits per heavy atom. The van der Waals surface area contributed by atoms with Gasteiger partial charge in [-0.1, -0.05) is 60.2 Å². The van der Waals surface area contributed by atoms with Crippen LogP contribution in [0, 0.1) is 6.92 Å². The lowest BCUT2D eigenvalue weighted by atomic mass is 9.85. The lowest BCUT2D eigenvalue weighted by molar-refractivity contribution is 0.271. The second kappa shape index (κ2) is 5.40. The molecule has 2 aliphatic rings. The van der Waals surface area contributed by atoms with Gasteiger partial charge in [-0.3, -0.25) is 4.90 Å². The molecular weight excluding hydrogens is 266 g/mol. The summed E-state index contributed by atoms with van der Waals surface area (Å²) in [5.74, 6) is 0. The second-order valence-corrected chi connectivity index (χ2v) is 6.74. The van der Waals surface area contributed by atoms with Crippen LogP contribution in [0.4, 0.5) is 0 Å². The quantitative estimate of drug-likeness (QED) is 0.769. The van der Waals surface area contributed by atoms with Crippen molar-refractivity contribution in [1.82, 2.24) is 4.90 Å². The van der Waals surface area contributed by atoms with Crippen molar-refractivity contribution in [2.75, 3.05) is 7.05 Å². The van der Waals surface area contributed by atoms with Gasteiger partial charge in [0.2, 0.25) is 0 Å². The van der Waals surface area contributed by atoms with E-state index in [0.29, 0.717) is 6.04 Å². The van der Waals surface area contributed by atoms with Crippen LogP contribution in [0.2, 0.25) is 0 Å². The fourth-order valence-corrected chi connectivity index (χ4v) is 4.17. The predicted molar refractivity (Wildman–Crippen MR) is 93.6 cm³/mol. The largest absolute Gasteiger partial charge is 0.296 e. The molecule has 4 rings (SSSR count). The summed E-state index contributed by atoms with van der Waals surface area (Å²) >= 11 is 0. The molecule has 0 unspecified atom stereocenters. The fraction of sp³-hybridized carbons (Fsp3) is 0.333. The number of likely N-dealkylation sites (N-methyl/N-ethyl adjacent to an activating group) is 1. The van der Waals surface area contributed by atoms with Crippen molar-refractivity contribution < 1.29 is 0 Å². The van der Waals surface area contributed by atoms with Crippen molar-refractivity contribution in [3.8, 4) is 0 Å². The van der Waals surface area contributed by atoms with E-state index in [4.69, 9.17) is 0 Å². The van der Waals surface area contributed by atoms with E-state index >= 15 is 0 Å². The summed E-state index contributed by atoms with van der Waals surface area (Å²) in [6, 6.07) is 21.4. The number of hydrogen-bond donors (Lipinski definition) is 0. The third kappa shape index (κ3) is 2.21. The third-order valence-electron chi connectivity index (χ3n) is 5.42. The number of benzene rings is 2. The summed E-state index contributed by atoms with van der Waals surface area (Å²) in [4.78, 5) is 2.60. The third-order valence-corrected chi connectivity index (χ3v) is 5.42. The van der Waals surface area contributed by atoms with E-state index in [9.17, 15) is 0 Å². The zero-order valence-electron chi connectivity index (χ0n) is 13.4. The molecule has 1 saturated heterocycles. The summed E-state index contributed by atoms with van der Waals surface area (Å²) in [6.45, 7) is 2.16. The molecule has 0 radical (unpaired) electrons. The number of rotatable bonds is 2. The number of nitrogens with zero attached hydrogens (tertiary/aromatic N) is 1. The first-order valence-electron chi connectivity index (χ1n) is 8.31. The SMILES string of the molecule is Cc1ccc(C2=C(c3ccccc3)C[C@@H]3CC[C@H]2N3C)cc1. The lowest BCUT2D eigenvalue weighted by Gasteiger charge is -2.36. The Bertz CT molecular complexity index is 696. The van der Waals surface area contributed by atoms with E-state index < -0.39 is 0 Å². The lowest BCUT2D eigenvalue weighted by Crippen LogP contribution is -2.37. The van der Waals surface area contributed by atoms with Crippen molar-refractivity contribution in [3.05, 3.63) is 71.3 Å². The highest BCUT2D eigenvalue weighted by atomic mass is 15.2. The highest BCUT2D eigenvalue weighted by Gasteiger charge is 2.39. The molecule has 2 heterocycles.